The van der Waals surface area contributed by atoms with Crippen LogP contribution in [0.2, 0.25) is 0 Å². The summed E-state index contributed by atoms with van der Waals surface area (Å²) in [5, 5.41) is 2.94. The first-order valence-electron chi connectivity index (χ1n) is 6.75. The minimum Gasteiger partial charge on any atom is -0.457 e. The highest BCUT2D eigenvalue weighted by atomic mass is 127. The highest BCUT2D eigenvalue weighted by molar-refractivity contribution is 14.0. The number of para-hydroxylation sites is 2. The molecule has 0 saturated heterocycles. The van der Waals surface area contributed by atoms with Gasteiger partial charge in [-0.15, -0.1) is 30.6 Å². The third kappa shape index (κ3) is 5.77. The van der Waals surface area contributed by atoms with Crippen LogP contribution in [0.4, 0.5) is 0 Å². The van der Waals surface area contributed by atoms with Crippen LogP contribution >= 0.6 is 24.0 Å². The van der Waals surface area contributed by atoms with E-state index in [0.29, 0.717) is 19.0 Å². The molecular weight excluding hydrogens is 389 g/mol. The second-order valence-corrected chi connectivity index (χ2v) is 4.39. The second kappa shape index (κ2) is 9.83. The number of nitrogens with one attached hydrogen (secondary N) is 1. The quantitative estimate of drug-likeness (QED) is 0.331. The molecule has 116 valence electrons. The number of hydrogen-bond donors (Lipinski definition) is 2. The van der Waals surface area contributed by atoms with E-state index in [1.807, 2.05) is 54.6 Å². The van der Waals surface area contributed by atoms with Gasteiger partial charge < -0.3 is 15.8 Å². The van der Waals surface area contributed by atoms with Gasteiger partial charge in [0.25, 0.3) is 0 Å². The third-order valence-corrected chi connectivity index (χ3v) is 2.79. The van der Waals surface area contributed by atoms with Crippen molar-refractivity contribution in [1.82, 2.24) is 5.32 Å². The Balaban J connectivity index is 0.00000242. The Hall–Kier alpha value is -2.02. The number of ether oxygens (including phenoxy) is 1. The van der Waals surface area contributed by atoms with Crippen LogP contribution in [0.5, 0.6) is 11.5 Å². The van der Waals surface area contributed by atoms with E-state index >= 15 is 0 Å². The molecule has 0 aliphatic heterocycles. The maximum Gasteiger partial charge on any atom is 0.189 e. The largest absolute Gasteiger partial charge is 0.457 e. The number of nitrogens with zero attached hydrogens (tertiary/aromatic N) is 1. The SMILES string of the molecule is C=CCNC(N)=NCc1ccccc1Oc1ccccc1.I. The van der Waals surface area contributed by atoms with Crippen molar-refractivity contribution in [2.75, 3.05) is 6.54 Å². The Bertz CT molecular complexity index is 614. The van der Waals surface area contributed by atoms with E-state index in [9.17, 15) is 0 Å². The fourth-order valence-electron chi connectivity index (χ4n) is 1.75. The van der Waals surface area contributed by atoms with Crippen LogP contribution in [0.25, 0.3) is 0 Å². The van der Waals surface area contributed by atoms with Gasteiger partial charge in [-0.2, -0.15) is 0 Å². The van der Waals surface area contributed by atoms with Crippen LogP contribution < -0.4 is 15.8 Å². The minimum absolute atomic E-state index is 0. The van der Waals surface area contributed by atoms with E-state index in [2.05, 4.69) is 16.9 Å². The molecule has 0 saturated carbocycles. The van der Waals surface area contributed by atoms with E-state index in [4.69, 9.17) is 10.5 Å². The van der Waals surface area contributed by atoms with Crippen LogP contribution in [0.1, 0.15) is 5.56 Å². The van der Waals surface area contributed by atoms with Gasteiger partial charge in [-0.3, -0.25) is 0 Å². The van der Waals surface area contributed by atoms with E-state index in [-0.39, 0.29) is 24.0 Å². The lowest BCUT2D eigenvalue weighted by molar-refractivity contribution is 0.476. The summed E-state index contributed by atoms with van der Waals surface area (Å²) in [6.45, 7) is 4.67. The van der Waals surface area contributed by atoms with E-state index in [1.54, 1.807) is 6.08 Å². The summed E-state index contributed by atoms with van der Waals surface area (Å²) in [6.07, 6.45) is 1.73. The highest BCUT2D eigenvalue weighted by Gasteiger charge is 2.03. The van der Waals surface area contributed by atoms with Gasteiger partial charge in [0.15, 0.2) is 5.96 Å². The zero-order valence-electron chi connectivity index (χ0n) is 12.2. The molecule has 22 heavy (non-hydrogen) atoms. The van der Waals surface area contributed by atoms with Gasteiger partial charge in [-0.1, -0.05) is 42.5 Å². The van der Waals surface area contributed by atoms with Gasteiger partial charge in [0.2, 0.25) is 0 Å². The van der Waals surface area contributed by atoms with Crippen molar-refractivity contribution >= 4 is 29.9 Å². The van der Waals surface area contributed by atoms with Crippen LogP contribution in [0, 0.1) is 0 Å². The Morgan fingerprint density at radius 3 is 2.55 bits per heavy atom. The van der Waals surface area contributed by atoms with Crippen molar-refractivity contribution in [1.29, 1.82) is 0 Å². The minimum atomic E-state index is 0. The van der Waals surface area contributed by atoms with Gasteiger partial charge in [0.05, 0.1) is 6.54 Å². The topological polar surface area (TPSA) is 59.6 Å². The molecule has 0 radical (unpaired) electrons. The molecular formula is C17H20IN3O. The summed E-state index contributed by atoms with van der Waals surface area (Å²) < 4.78 is 5.88. The summed E-state index contributed by atoms with van der Waals surface area (Å²) in [6, 6.07) is 17.4. The maximum absolute atomic E-state index is 5.88. The summed E-state index contributed by atoms with van der Waals surface area (Å²) in [5.41, 5.74) is 6.74. The molecule has 2 aromatic rings. The van der Waals surface area contributed by atoms with Crippen molar-refractivity contribution < 1.29 is 4.74 Å². The molecule has 2 aromatic carbocycles. The zero-order valence-corrected chi connectivity index (χ0v) is 14.6. The van der Waals surface area contributed by atoms with Gasteiger partial charge in [0, 0.05) is 12.1 Å². The summed E-state index contributed by atoms with van der Waals surface area (Å²) in [5.74, 6) is 1.97. The van der Waals surface area contributed by atoms with E-state index in [0.717, 1.165) is 17.1 Å². The molecule has 0 aliphatic carbocycles. The molecule has 0 heterocycles. The van der Waals surface area contributed by atoms with E-state index in [1.165, 1.54) is 0 Å². The Labute approximate surface area is 148 Å². The summed E-state index contributed by atoms with van der Waals surface area (Å²) in [7, 11) is 0. The smallest absolute Gasteiger partial charge is 0.189 e. The van der Waals surface area contributed by atoms with Crippen molar-refractivity contribution in [2.45, 2.75) is 6.54 Å². The molecule has 0 spiro atoms. The van der Waals surface area contributed by atoms with Crippen molar-refractivity contribution in [3.05, 3.63) is 72.8 Å². The normalized spacial score (nSPS) is 10.5. The summed E-state index contributed by atoms with van der Waals surface area (Å²) >= 11 is 0. The van der Waals surface area contributed by atoms with Gasteiger partial charge in [-0.25, -0.2) is 4.99 Å². The Morgan fingerprint density at radius 2 is 1.82 bits per heavy atom. The number of guanidine groups is 1. The number of hydrogen-bond acceptors (Lipinski definition) is 2. The van der Waals surface area contributed by atoms with Gasteiger partial charge >= 0.3 is 0 Å². The zero-order chi connectivity index (χ0) is 14.9. The number of benzene rings is 2. The average Bonchev–Trinajstić information content (AvgIpc) is 2.53. The van der Waals surface area contributed by atoms with Crippen LogP contribution in [0.15, 0.2) is 72.2 Å². The average molecular weight is 409 g/mol. The summed E-state index contributed by atoms with van der Waals surface area (Å²) in [4.78, 5) is 4.29. The first kappa shape index (κ1) is 18.0. The molecule has 0 aliphatic rings. The molecule has 0 fully saturated rings. The maximum atomic E-state index is 5.88. The Kier molecular flexibility index (Phi) is 8.06. The lowest BCUT2D eigenvalue weighted by atomic mass is 10.2. The molecule has 4 nitrogen and oxygen atoms in total. The first-order chi connectivity index (χ1) is 10.3. The van der Waals surface area contributed by atoms with Crippen LogP contribution in [0.3, 0.4) is 0 Å². The lowest BCUT2D eigenvalue weighted by Gasteiger charge is -2.10. The van der Waals surface area contributed by atoms with Gasteiger partial charge in [-0.05, 0) is 18.2 Å². The molecule has 0 bridgehead atoms. The van der Waals surface area contributed by atoms with Crippen molar-refractivity contribution in [3.8, 4) is 11.5 Å². The predicted octanol–water partition coefficient (Wildman–Crippen LogP) is 3.69. The van der Waals surface area contributed by atoms with E-state index < -0.39 is 0 Å². The van der Waals surface area contributed by atoms with Crippen LogP contribution in [-0.4, -0.2) is 12.5 Å². The van der Waals surface area contributed by atoms with Crippen LogP contribution in [-0.2, 0) is 6.54 Å². The lowest BCUT2D eigenvalue weighted by Crippen LogP contribution is -2.31. The molecule has 2 rings (SSSR count). The van der Waals surface area contributed by atoms with Crippen molar-refractivity contribution in [3.63, 3.8) is 0 Å². The fraction of sp³-hybridized carbons (Fsp3) is 0.118. The van der Waals surface area contributed by atoms with Crippen molar-refractivity contribution in [2.24, 2.45) is 10.7 Å². The molecule has 3 N–H and O–H groups in total. The first-order valence-corrected chi connectivity index (χ1v) is 6.75. The molecule has 0 aromatic heterocycles. The highest BCUT2D eigenvalue weighted by Crippen LogP contribution is 2.25. The second-order valence-electron chi connectivity index (χ2n) is 4.39. The monoisotopic (exact) mass is 409 g/mol. The number of nitrogens with two attached hydrogens (primary N) is 1. The van der Waals surface area contributed by atoms with Gasteiger partial charge in [0.1, 0.15) is 11.5 Å². The predicted molar refractivity (Wildman–Crippen MR) is 102 cm³/mol. The standard InChI is InChI=1S/C17H19N3O.HI/c1-2-12-19-17(18)20-13-14-8-6-7-11-16(14)21-15-9-4-3-5-10-15;/h2-11H,1,12-13H2,(H3,18,19,20);1H. The molecule has 0 unspecified atom stereocenters. The third-order valence-electron chi connectivity index (χ3n) is 2.79. The molecule has 5 heteroatoms. The number of halogens is 1. The molecule has 0 atom stereocenters. The molecule has 0 amide bonds. The number of aliphatic imine (C=N–C) groups is 1. The fourth-order valence-corrected chi connectivity index (χ4v) is 1.75. The number of rotatable bonds is 6. The Morgan fingerprint density at radius 1 is 1.14 bits per heavy atom.